The summed E-state index contributed by atoms with van der Waals surface area (Å²) in [4.78, 5) is 15.5. The highest BCUT2D eigenvalue weighted by Crippen LogP contribution is 2.37. The number of aryl methyl sites for hydroxylation is 1. The molecule has 0 saturated carbocycles. The molecule has 2 heterocycles. The third-order valence-electron chi connectivity index (χ3n) is 3.86. The molecule has 0 bridgehead atoms. The first kappa shape index (κ1) is 18.2. The van der Waals surface area contributed by atoms with Crippen LogP contribution in [0.5, 0.6) is 0 Å². The Kier molecular flexibility index (Phi) is 5.40. The van der Waals surface area contributed by atoms with Crippen molar-refractivity contribution in [3.8, 4) is 11.4 Å². The number of nitrogens with zero attached hydrogens (tertiary/aromatic N) is 2. The number of benzene rings is 1. The number of carbonyl (C=O) groups is 1. The SMILES string of the molecule is Cc1cc(Cl)ccc1/C(=C/CC(=O)O)c1c(-c2ccccn2)n[nH]c1Cl. The molecule has 0 spiro atoms. The number of hydrogen-bond donors (Lipinski definition) is 2. The molecule has 26 heavy (non-hydrogen) atoms. The zero-order chi connectivity index (χ0) is 18.7. The van der Waals surface area contributed by atoms with Crippen molar-refractivity contribution in [1.82, 2.24) is 15.2 Å². The number of carboxylic acids is 1. The summed E-state index contributed by atoms with van der Waals surface area (Å²) in [5.41, 5.74) is 4.20. The molecule has 7 heteroatoms. The average Bonchev–Trinajstić information content (AvgIpc) is 2.99. The highest BCUT2D eigenvalue weighted by molar-refractivity contribution is 6.32. The van der Waals surface area contributed by atoms with Crippen LogP contribution in [0.2, 0.25) is 10.2 Å². The molecular weight excluding hydrogens is 373 g/mol. The van der Waals surface area contributed by atoms with Crippen molar-refractivity contribution < 1.29 is 9.90 Å². The van der Waals surface area contributed by atoms with Gasteiger partial charge in [-0.1, -0.05) is 41.4 Å². The Bertz CT molecular complexity index is 982. The van der Waals surface area contributed by atoms with E-state index in [0.29, 0.717) is 32.7 Å². The minimum absolute atomic E-state index is 0.152. The second kappa shape index (κ2) is 7.72. The highest BCUT2D eigenvalue weighted by atomic mass is 35.5. The summed E-state index contributed by atoms with van der Waals surface area (Å²) in [6, 6.07) is 10.9. The first-order chi connectivity index (χ1) is 12.5. The quantitative estimate of drug-likeness (QED) is 0.645. The molecule has 0 aliphatic heterocycles. The Labute approximate surface area is 160 Å². The van der Waals surface area contributed by atoms with Crippen molar-refractivity contribution in [2.45, 2.75) is 13.3 Å². The van der Waals surface area contributed by atoms with Crippen LogP contribution in [0, 0.1) is 6.92 Å². The molecule has 0 saturated heterocycles. The summed E-state index contributed by atoms with van der Waals surface area (Å²) >= 11 is 12.4. The van der Waals surface area contributed by atoms with Gasteiger partial charge in [-0.05, 0) is 47.9 Å². The topological polar surface area (TPSA) is 78.9 Å². The molecule has 0 fully saturated rings. The molecule has 0 atom stereocenters. The Hall–Kier alpha value is -2.63. The van der Waals surface area contributed by atoms with E-state index in [2.05, 4.69) is 15.2 Å². The number of hydrogen-bond acceptors (Lipinski definition) is 3. The predicted molar refractivity (Wildman–Crippen MR) is 102 cm³/mol. The average molecular weight is 388 g/mol. The Morgan fingerprint density at radius 3 is 2.73 bits per heavy atom. The Morgan fingerprint density at radius 2 is 2.08 bits per heavy atom. The van der Waals surface area contributed by atoms with Gasteiger partial charge in [-0.2, -0.15) is 5.10 Å². The number of H-pyrrole nitrogens is 1. The largest absolute Gasteiger partial charge is 0.481 e. The molecule has 3 aromatic rings. The molecule has 0 aliphatic carbocycles. The van der Waals surface area contributed by atoms with Crippen molar-refractivity contribution in [3.05, 3.63) is 75.5 Å². The molecule has 132 valence electrons. The second-order valence-corrected chi connectivity index (χ2v) is 6.47. The van der Waals surface area contributed by atoms with Crippen LogP contribution >= 0.6 is 23.2 Å². The smallest absolute Gasteiger partial charge is 0.307 e. The molecule has 0 unspecified atom stereocenters. The Morgan fingerprint density at radius 1 is 1.27 bits per heavy atom. The van der Waals surface area contributed by atoms with Crippen LogP contribution in [-0.2, 0) is 4.79 Å². The summed E-state index contributed by atoms with van der Waals surface area (Å²) < 4.78 is 0. The van der Waals surface area contributed by atoms with Crippen LogP contribution in [0.1, 0.15) is 23.1 Å². The lowest BCUT2D eigenvalue weighted by atomic mass is 9.93. The fourth-order valence-electron chi connectivity index (χ4n) is 2.72. The van der Waals surface area contributed by atoms with Crippen molar-refractivity contribution in [1.29, 1.82) is 0 Å². The van der Waals surface area contributed by atoms with Gasteiger partial charge in [0.2, 0.25) is 0 Å². The molecule has 2 aromatic heterocycles. The van der Waals surface area contributed by atoms with Gasteiger partial charge in [-0.25, -0.2) is 0 Å². The van der Waals surface area contributed by atoms with E-state index < -0.39 is 5.97 Å². The maximum absolute atomic E-state index is 11.1. The van der Waals surface area contributed by atoms with Gasteiger partial charge in [0.1, 0.15) is 10.8 Å². The van der Waals surface area contributed by atoms with Crippen molar-refractivity contribution in [3.63, 3.8) is 0 Å². The van der Waals surface area contributed by atoms with Crippen LogP contribution in [0.15, 0.2) is 48.7 Å². The van der Waals surface area contributed by atoms with E-state index in [4.69, 9.17) is 28.3 Å². The monoisotopic (exact) mass is 387 g/mol. The van der Waals surface area contributed by atoms with Gasteiger partial charge in [0.05, 0.1) is 12.1 Å². The molecular formula is C19H15Cl2N3O2. The zero-order valence-corrected chi connectivity index (χ0v) is 15.3. The lowest BCUT2D eigenvalue weighted by Crippen LogP contribution is -1.98. The van der Waals surface area contributed by atoms with E-state index >= 15 is 0 Å². The van der Waals surface area contributed by atoms with Gasteiger partial charge in [0, 0.05) is 16.8 Å². The lowest BCUT2D eigenvalue weighted by Gasteiger charge is -2.12. The highest BCUT2D eigenvalue weighted by Gasteiger charge is 2.21. The van der Waals surface area contributed by atoms with E-state index in [1.807, 2.05) is 37.3 Å². The van der Waals surface area contributed by atoms with E-state index in [0.717, 1.165) is 11.1 Å². The molecule has 2 N–H and O–H groups in total. The zero-order valence-electron chi connectivity index (χ0n) is 13.8. The van der Waals surface area contributed by atoms with Crippen LogP contribution in [0.3, 0.4) is 0 Å². The van der Waals surface area contributed by atoms with E-state index in [9.17, 15) is 4.79 Å². The number of nitrogens with one attached hydrogen (secondary N) is 1. The number of pyridine rings is 1. The fraction of sp³-hybridized carbons (Fsp3) is 0.105. The molecule has 1 aromatic carbocycles. The van der Waals surface area contributed by atoms with Crippen molar-refractivity contribution in [2.75, 3.05) is 0 Å². The van der Waals surface area contributed by atoms with Gasteiger partial charge in [0.25, 0.3) is 0 Å². The Balaban J connectivity index is 2.22. The summed E-state index contributed by atoms with van der Waals surface area (Å²) in [5.74, 6) is -0.937. The van der Waals surface area contributed by atoms with Gasteiger partial charge in [-0.3, -0.25) is 14.9 Å². The predicted octanol–water partition coefficient (Wildman–Crippen LogP) is 4.99. The third kappa shape index (κ3) is 3.79. The summed E-state index contributed by atoms with van der Waals surface area (Å²) in [6.07, 6.45) is 3.14. The summed E-state index contributed by atoms with van der Waals surface area (Å²) in [5, 5.41) is 17.1. The van der Waals surface area contributed by atoms with Crippen LogP contribution < -0.4 is 0 Å². The number of aromatic amines is 1. The summed E-state index contributed by atoms with van der Waals surface area (Å²) in [7, 11) is 0. The maximum Gasteiger partial charge on any atom is 0.307 e. The van der Waals surface area contributed by atoms with Gasteiger partial charge in [-0.15, -0.1) is 0 Å². The number of halogens is 2. The van der Waals surface area contributed by atoms with Crippen molar-refractivity contribution in [2.24, 2.45) is 0 Å². The number of carboxylic acid groups (broad SMARTS) is 1. The minimum atomic E-state index is -0.937. The van der Waals surface area contributed by atoms with E-state index in [-0.39, 0.29) is 6.42 Å². The van der Waals surface area contributed by atoms with Crippen molar-refractivity contribution >= 4 is 34.7 Å². The first-order valence-electron chi connectivity index (χ1n) is 7.81. The first-order valence-corrected chi connectivity index (χ1v) is 8.57. The maximum atomic E-state index is 11.1. The van der Waals surface area contributed by atoms with Gasteiger partial charge < -0.3 is 5.11 Å². The standard InChI is InChI=1S/C19H15Cl2N3O2/c1-11-10-12(20)5-6-13(11)14(7-8-16(25)26)17-18(23-24-19(17)21)15-4-2-3-9-22-15/h2-7,9-10H,8H2,1H3,(H,23,24)(H,25,26)/b14-7-. The van der Waals surface area contributed by atoms with E-state index in [1.54, 1.807) is 18.3 Å². The van der Waals surface area contributed by atoms with E-state index in [1.165, 1.54) is 0 Å². The summed E-state index contributed by atoms with van der Waals surface area (Å²) in [6.45, 7) is 1.91. The van der Waals surface area contributed by atoms with Crippen LogP contribution in [0.4, 0.5) is 0 Å². The van der Waals surface area contributed by atoms with Crippen LogP contribution in [-0.4, -0.2) is 26.3 Å². The minimum Gasteiger partial charge on any atom is -0.481 e. The van der Waals surface area contributed by atoms with Crippen LogP contribution in [0.25, 0.3) is 17.0 Å². The molecule has 0 aliphatic rings. The van der Waals surface area contributed by atoms with Gasteiger partial charge in [0.15, 0.2) is 0 Å². The number of rotatable bonds is 5. The molecule has 0 radical (unpaired) electrons. The fourth-order valence-corrected chi connectivity index (χ4v) is 3.18. The molecule has 0 amide bonds. The van der Waals surface area contributed by atoms with Gasteiger partial charge >= 0.3 is 5.97 Å². The molecule has 3 rings (SSSR count). The molecule has 5 nitrogen and oxygen atoms in total. The lowest BCUT2D eigenvalue weighted by molar-refractivity contribution is -0.135. The normalized spacial score (nSPS) is 11.6. The second-order valence-electron chi connectivity index (χ2n) is 5.65. The number of aromatic nitrogens is 3. The number of aliphatic carboxylic acids is 1. The third-order valence-corrected chi connectivity index (χ3v) is 4.37.